The molecule has 302 valence electrons. The molecule has 0 unspecified atom stereocenters. The fourth-order valence-corrected chi connectivity index (χ4v) is 7.38. The SMILES string of the molecule is Fc1ccc(-c2ccc(-c3cc(-c4ccc(-c5ccc(F)nc5F)cc4)c(-c4ccc(-c5ccc(F)nc5F)cc4)cc3-c3ccc(-c4ccc(F)nc4F)cc3)cc2)c(F)n1. The summed E-state index contributed by atoms with van der Waals surface area (Å²) in [5.41, 5.74) is 7.73. The Labute approximate surface area is 348 Å². The van der Waals surface area contributed by atoms with Crippen molar-refractivity contribution in [2.75, 3.05) is 0 Å². The van der Waals surface area contributed by atoms with Crippen molar-refractivity contribution in [3.05, 3.63) is 205 Å². The van der Waals surface area contributed by atoms with E-state index in [4.69, 9.17) is 0 Å². The number of pyridine rings is 4. The quantitative estimate of drug-likeness (QED) is 0.113. The van der Waals surface area contributed by atoms with Crippen molar-refractivity contribution >= 4 is 0 Å². The van der Waals surface area contributed by atoms with Gasteiger partial charge in [-0.1, -0.05) is 97.1 Å². The summed E-state index contributed by atoms with van der Waals surface area (Å²) in [6, 6.07) is 41.1. The van der Waals surface area contributed by atoms with Gasteiger partial charge in [0.25, 0.3) is 0 Å². The summed E-state index contributed by atoms with van der Waals surface area (Å²) in [4.78, 5) is 13.3. The molecule has 4 nitrogen and oxygen atoms in total. The number of hydrogen-bond acceptors (Lipinski definition) is 4. The summed E-state index contributed by atoms with van der Waals surface area (Å²) >= 11 is 0. The Morgan fingerprint density at radius 1 is 0.194 bits per heavy atom. The molecule has 0 spiro atoms. The average Bonchev–Trinajstić information content (AvgIpc) is 3.26. The van der Waals surface area contributed by atoms with Gasteiger partial charge in [0.2, 0.25) is 47.6 Å². The van der Waals surface area contributed by atoms with E-state index in [2.05, 4.69) is 19.9 Å². The van der Waals surface area contributed by atoms with Gasteiger partial charge in [0.1, 0.15) is 0 Å². The maximum atomic E-state index is 14.8. The molecule has 0 saturated heterocycles. The molecule has 0 amide bonds. The lowest BCUT2D eigenvalue weighted by atomic mass is 9.84. The molecule has 0 saturated carbocycles. The highest BCUT2D eigenvalue weighted by Crippen LogP contribution is 2.44. The third-order valence-electron chi connectivity index (χ3n) is 10.4. The Morgan fingerprint density at radius 2 is 0.355 bits per heavy atom. The van der Waals surface area contributed by atoms with Crippen LogP contribution in [0.1, 0.15) is 0 Å². The first-order chi connectivity index (χ1) is 30.0. The maximum Gasteiger partial charge on any atom is 0.223 e. The highest BCUT2D eigenvalue weighted by molar-refractivity contribution is 5.96. The summed E-state index contributed by atoms with van der Waals surface area (Å²) in [7, 11) is 0. The molecular formula is C50H26F8N4. The highest BCUT2D eigenvalue weighted by Gasteiger charge is 2.19. The monoisotopic (exact) mass is 834 g/mol. The molecule has 0 bridgehead atoms. The predicted molar refractivity (Wildman–Crippen MR) is 221 cm³/mol. The molecule has 0 N–H and O–H groups in total. The van der Waals surface area contributed by atoms with Gasteiger partial charge in [0, 0.05) is 22.3 Å². The van der Waals surface area contributed by atoms with Gasteiger partial charge < -0.3 is 0 Å². The molecule has 4 aromatic heterocycles. The molecule has 0 fully saturated rings. The lowest BCUT2D eigenvalue weighted by molar-refractivity contribution is 0.514. The first kappa shape index (κ1) is 39.6. The van der Waals surface area contributed by atoms with E-state index in [1.165, 1.54) is 24.3 Å². The van der Waals surface area contributed by atoms with E-state index in [9.17, 15) is 35.1 Å². The zero-order chi connectivity index (χ0) is 43.1. The summed E-state index contributed by atoms with van der Waals surface area (Å²) in [6.45, 7) is 0. The van der Waals surface area contributed by atoms with Crippen LogP contribution in [0.2, 0.25) is 0 Å². The summed E-state index contributed by atoms with van der Waals surface area (Å²) in [6.07, 6.45) is 0. The molecule has 9 aromatic rings. The number of nitrogens with zero attached hydrogens (tertiary/aromatic N) is 4. The largest absolute Gasteiger partial charge is 0.223 e. The molecule has 0 atom stereocenters. The first-order valence-corrected chi connectivity index (χ1v) is 18.9. The topological polar surface area (TPSA) is 51.6 Å². The van der Waals surface area contributed by atoms with Crippen LogP contribution in [0.4, 0.5) is 35.1 Å². The minimum atomic E-state index is -0.970. The first-order valence-electron chi connectivity index (χ1n) is 18.9. The Balaban J connectivity index is 1.23. The van der Waals surface area contributed by atoms with Gasteiger partial charge in [-0.15, -0.1) is 0 Å². The molecule has 9 rings (SSSR count). The van der Waals surface area contributed by atoms with Crippen molar-refractivity contribution in [3.8, 4) is 89.0 Å². The molecule has 12 heteroatoms. The van der Waals surface area contributed by atoms with Crippen LogP contribution in [0, 0.1) is 47.6 Å². The van der Waals surface area contributed by atoms with E-state index >= 15 is 0 Å². The van der Waals surface area contributed by atoms with Crippen LogP contribution >= 0.6 is 0 Å². The van der Waals surface area contributed by atoms with Gasteiger partial charge >= 0.3 is 0 Å². The third kappa shape index (κ3) is 7.81. The predicted octanol–water partition coefficient (Wildman–Crippen LogP) is 13.7. The standard InChI is InChI=1S/C50H26F8N4/c51-43-21-17-35(47(55)59-43)27-1-9-31(10-2-27)39-25-41(33-13-5-29(6-14-33)37-19-23-45(53)61-49(37)57)42(34-15-7-30(8-16-34)38-20-24-46(54)62-50(38)58)26-40(39)32-11-3-28(4-12-32)36-18-22-44(52)60-48(36)56/h1-26H. The summed E-state index contributed by atoms with van der Waals surface area (Å²) in [5, 5.41) is 0. The van der Waals surface area contributed by atoms with Crippen molar-refractivity contribution in [1.29, 1.82) is 0 Å². The minimum Gasteiger partial charge on any atom is -0.190 e. The van der Waals surface area contributed by atoms with Crippen LogP contribution in [0.3, 0.4) is 0 Å². The lowest BCUT2D eigenvalue weighted by Crippen LogP contribution is -1.95. The maximum absolute atomic E-state index is 14.8. The molecule has 5 aromatic carbocycles. The fourth-order valence-electron chi connectivity index (χ4n) is 7.38. The molecule has 0 radical (unpaired) electrons. The summed E-state index contributed by atoms with van der Waals surface area (Å²) in [5.74, 6) is -7.69. The fraction of sp³-hybridized carbons (Fsp3) is 0. The number of aromatic nitrogens is 4. The van der Waals surface area contributed by atoms with Crippen molar-refractivity contribution in [1.82, 2.24) is 19.9 Å². The second-order valence-electron chi connectivity index (χ2n) is 14.1. The zero-order valence-corrected chi connectivity index (χ0v) is 31.8. The Kier molecular flexibility index (Phi) is 10.4. The molecular weight excluding hydrogens is 809 g/mol. The Morgan fingerprint density at radius 3 is 0.516 bits per heavy atom. The van der Waals surface area contributed by atoms with Crippen molar-refractivity contribution < 1.29 is 35.1 Å². The normalized spacial score (nSPS) is 11.2. The molecule has 0 aliphatic carbocycles. The van der Waals surface area contributed by atoms with Gasteiger partial charge in [-0.2, -0.15) is 55.1 Å². The zero-order valence-electron chi connectivity index (χ0n) is 31.8. The molecule has 0 aliphatic heterocycles. The van der Waals surface area contributed by atoms with Crippen molar-refractivity contribution in [2.24, 2.45) is 0 Å². The lowest BCUT2D eigenvalue weighted by Gasteiger charge is -2.19. The molecule has 4 heterocycles. The number of hydrogen-bond donors (Lipinski definition) is 0. The average molecular weight is 835 g/mol. The number of halogens is 8. The van der Waals surface area contributed by atoms with Gasteiger partial charge in [0.15, 0.2) is 0 Å². The van der Waals surface area contributed by atoms with Gasteiger partial charge in [-0.3, -0.25) is 0 Å². The van der Waals surface area contributed by atoms with E-state index in [0.29, 0.717) is 66.8 Å². The Bertz CT molecular complexity index is 2720. The van der Waals surface area contributed by atoms with Crippen LogP contribution in [-0.4, -0.2) is 19.9 Å². The second kappa shape index (κ2) is 16.3. The van der Waals surface area contributed by atoms with E-state index in [0.717, 1.165) is 24.3 Å². The molecule has 0 aliphatic rings. The number of rotatable bonds is 8. The van der Waals surface area contributed by atoms with Gasteiger partial charge in [-0.05, 0) is 127 Å². The van der Waals surface area contributed by atoms with E-state index in [1.54, 1.807) is 97.1 Å². The minimum absolute atomic E-state index is 0.0972. The number of benzene rings is 5. The van der Waals surface area contributed by atoms with Crippen LogP contribution in [-0.2, 0) is 0 Å². The second-order valence-corrected chi connectivity index (χ2v) is 14.1. The van der Waals surface area contributed by atoms with Crippen molar-refractivity contribution in [3.63, 3.8) is 0 Å². The smallest absolute Gasteiger partial charge is 0.190 e. The van der Waals surface area contributed by atoms with Crippen LogP contribution in [0.5, 0.6) is 0 Å². The van der Waals surface area contributed by atoms with Crippen LogP contribution in [0.25, 0.3) is 89.0 Å². The molecule has 62 heavy (non-hydrogen) atoms. The van der Waals surface area contributed by atoms with Crippen molar-refractivity contribution in [2.45, 2.75) is 0 Å². The third-order valence-corrected chi connectivity index (χ3v) is 10.4. The van der Waals surface area contributed by atoms with E-state index < -0.39 is 47.6 Å². The highest BCUT2D eigenvalue weighted by atomic mass is 19.2. The van der Waals surface area contributed by atoms with Crippen LogP contribution in [0.15, 0.2) is 158 Å². The van der Waals surface area contributed by atoms with Crippen LogP contribution < -0.4 is 0 Å². The van der Waals surface area contributed by atoms with Gasteiger partial charge in [-0.25, -0.2) is 0 Å². The van der Waals surface area contributed by atoms with E-state index in [1.807, 2.05) is 12.1 Å². The Hall–Kier alpha value is -7.86. The van der Waals surface area contributed by atoms with Gasteiger partial charge in [0.05, 0.1) is 0 Å². The van der Waals surface area contributed by atoms with E-state index in [-0.39, 0.29) is 22.3 Å². The summed E-state index contributed by atoms with van der Waals surface area (Å²) < 4.78 is 114.